The molecule has 0 amide bonds. The largest absolute Gasteiger partial charge is 0.478 e. The molecule has 0 aliphatic carbocycles. The summed E-state index contributed by atoms with van der Waals surface area (Å²) in [7, 11) is 0. The Morgan fingerprint density at radius 2 is 1.94 bits per heavy atom. The molecule has 3 nitrogen and oxygen atoms in total. The highest BCUT2D eigenvalue weighted by atomic mass is 35.5. The SMILES string of the molecule is O=C(O)c1cc(-c2ccc(F)c(Cl)c2)cnc1Cl. The first-order valence-electron chi connectivity index (χ1n) is 4.83. The van der Waals surface area contributed by atoms with Gasteiger partial charge in [-0.2, -0.15) is 0 Å². The van der Waals surface area contributed by atoms with Crippen LogP contribution in [0.2, 0.25) is 10.2 Å². The Balaban J connectivity index is 2.54. The maximum absolute atomic E-state index is 13.0. The molecule has 0 spiro atoms. The molecular formula is C12H6Cl2FNO2. The number of hydrogen-bond acceptors (Lipinski definition) is 2. The topological polar surface area (TPSA) is 50.2 Å². The molecule has 1 heterocycles. The van der Waals surface area contributed by atoms with Gasteiger partial charge in [0, 0.05) is 11.8 Å². The van der Waals surface area contributed by atoms with E-state index in [1.165, 1.54) is 30.5 Å². The zero-order valence-corrected chi connectivity index (χ0v) is 10.3. The molecule has 92 valence electrons. The Hall–Kier alpha value is -1.65. The molecule has 0 saturated carbocycles. The second kappa shape index (κ2) is 4.92. The summed E-state index contributed by atoms with van der Waals surface area (Å²) in [6, 6.07) is 5.44. The summed E-state index contributed by atoms with van der Waals surface area (Å²) in [5.41, 5.74) is 0.946. The zero-order valence-electron chi connectivity index (χ0n) is 8.82. The van der Waals surface area contributed by atoms with Crippen LogP contribution in [0.25, 0.3) is 11.1 Å². The quantitative estimate of drug-likeness (QED) is 0.852. The van der Waals surface area contributed by atoms with Crippen LogP contribution in [0.15, 0.2) is 30.5 Å². The molecule has 0 saturated heterocycles. The summed E-state index contributed by atoms with van der Waals surface area (Å²) in [5, 5.41) is 8.79. The molecule has 6 heteroatoms. The molecule has 0 fully saturated rings. The average molecular weight is 286 g/mol. The van der Waals surface area contributed by atoms with Gasteiger partial charge in [-0.3, -0.25) is 0 Å². The second-order valence-electron chi connectivity index (χ2n) is 3.50. The third-order valence-electron chi connectivity index (χ3n) is 2.32. The van der Waals surface area contributed by atoms with Gasteiger partial charge in [-0.05, 0) is 23.8 Å². The van der Waals surface area contributed by atoms with Crippen molar-refractivity contribution in [2.24, 2.45) is 0 Å². The minimum atomic E-state index is -1.18. The van der Waals surface area contributed by atoms with Gasteiger partial charge in [0.15, 0.2) is 0 Å². The van der Waals surface area contributed by atoms with Gasteiger partial charge in [0.1, 0.15) is 11.0 Å². The van der Waals surface area contributed by atoms with Crippen LogP contribution in [0, 0.1) is 5.82 Å². The van der Waals surface area contributed by atoms with Crippen molar-refractivity contribution in [2.75, 3.05) is 0 Å². The number of aromatic carboxylic acids is 1. The Morgan fingerprint density at radius 1 is 1.22 bits per heavy atom. The second-order valence-corrected chi connectivity index (χ2v) is 4.26. The highest BCUT2D eigenvalue weighted by Crippen LogP contribution is 2.26. The lowest BCUT2D eigenvalue weighted by molar-refractivity contribution is 0.0696. The molecule has 2 rings (SSSR count). The first-order valence-corrected chi connectivity index (χ1v) is 5.59. The summed E-state index contributed by atoms with van der Waals surface area (Å²) >= 11 is 11.3. The molecule has 0 aliphatic heterocycles. The molecule has 2 aromatic rings. The number of nitrogens with zero attached hydrogens (tertiary/aromatic N) is 1. The molecule has 18 heavy (non-hydrogen) atoms. The van der Waals surface area contributed by atoms with Crippen LogP contribution in [0.5, 0.6) is 0 Å². The lowest BCUT2D eigenvalue weighted by Gasteiger charge is -2.05. The van der Waals surface area contributed by atoms with Crippen LogP contribution in [-0.2, 0) is 0 Å². The van der Waals surface area contributed by atoms with Crippen molar-refractivity contribution >= 4 is 29.2 Å². The summed E-state index contributed by atoms with van der Waals surface area (Å²) in [4.78, 5) is 14.7. The zero-order chi connectivity index (χ0) is 13.3. The van der Waals surface area contributed by atoms with Gasteiger partial charge in [-0.15, -0.1) is 0 Å². The Morgan fingerprint density at radius 3 is 2.56 bits per heavy atom. The van der Waals surface area contributed by atoms with E-state index in [-0.39, 0.29) is 15.7 Å². The maximum Gasteiger partial charge on any atom is 0.338 e. The van der Waals surface area contributed by atoms with Crippen LogP contribution in [0.1, 0.15) is 10.4 Å². The van der Waals surface area contributed by atoms with Crippen molar-refractivity contribution in [3.63, 3.8) is 0 Å². The molecule has 0 atom stereocenters. The van der Waals surface area contributed by atoms with E-state index in [1.54, 1.807) is 0 Å². The third kappa shape index (κ3) is 2.44. The number of carboxylic acid groups (broad SMARTS) is 1. The first-order chi connectivity index (χ1) is 8.49. The third-order valence-corrected chi connectivity index (χ3v) is 2.91. The Labute approximate surface area is 112 Å². The molecule has 1 aromatic heterocycles. The van der Waals surface area contributed by atoms with Gasteiger partial charge >= 0.3 is 5.97 Å². The fourth-order valence-corrected chi connectivity index (χ4v) is 1.80. The van der Waals surface area contributed by atoms with Crippen molar-refractivity contribution in [1.29, 1.82) is 0 Å². The van der Waals surface area contributed by atoms with E-state index in [4.69, 9.17) is 28.3 Å². The Kier molecular flexibility index (Phi) is 3.50. The maximum atomic E-state index is 13.0. The lowest BCUT2D eigenvalue weighted by atomic mass is 10.1. The van der Waals surface area contributed by atoms with Gasteiger partial charge in [-0.25, -0.2) is 14.2 Å². The van der Waals surface area contributed by atoms with E-state index in [0.29, 0.717) is 11.1 Å². The van der Waals surface area contributed by atoms with Crippen LogP contribution in [0.4, 0.5) is 4.39 Å². The molecular weight excluding hydrogens is 280 g/mol. The fourth-order valence-electron chi connectivity index (χ4n) is 1.43. The number of carboxylic acids is 1. The summed E-state index contributed by atoms with van der Waals surface area (Å²) < 4.78 is 13.0. The van der Waals surface area contributed by atoms with Crippen molar-refractivity contribution in [3.8, 4) is 11.1 Å². The monoisotopic (exact) mass is 285 g/mol. The van der Waals surface area contributed by atoms with Crippen molar-refractivity contribution < 1.29 is 14.3 Å². The van der Waals surface area contributed by atoms with E-state index in [2.05, 4.69) is 4.98 Å². The van der Waals surface area contributed by atoms with Crippen molar-refractivity contribution in [2.45, 2.75) is 0 Å². The average Bonchev–Trinajstić information content (AvgIpc) is 2.33. The van der Waals surface area contributed by atoms with E-state index in [1.807, 2.05) is 0 Å². The summed E-state index contributed by atoms with van der Waals surface area (Å²) in [6.45, 7) is 0. The van der Waals surface area contributed by atoms with Crippen molar-refractivity contribution in [3.05, 3.63) is 52.0 Å². The van der Waals surface area contributed by atoms with E-state index >= 15 is 0 Å². The van der Waals surface area contributed by atoms with Crippen LogP contribution < -0.4 is 0 Å². The minimum Gasteiger partial charge on any atom is -0.478 e. The Bertz CT molecular complexity index is 631. The number of benzene rings is 1. The predicted octanol–water partition coefficient (Wildman–Crippen LogP) is 3.89. The molecule has 0 unspecified atom stereocenters. The van der Waals surface area contributed by atoms with E-state index < -0.39 is 11.8 Å². The van der Waals surface area contributed by atoms with Gasteiger partial charge in [0.05, 0.1) is 10.6 Å². The summed E-state index contributed by atoms with van der Waals surface area (Å²) in [6.07, 6.45) is 1.40. The molecule has 0 bridgehead atoms. The lowest BCUT2D eigenvalue weighted by Crippen LogP contribution is -1.99. The number of halogens is 3. The van der Waals surface area contributed by atoms with E-state index in [0.717, 1.165) is 0 Å². The summed E-state index contributed by atoms with van der Waals surface area (Å²) in [5.74, 6) is -1.72. The highest BCUT2D eigenvalue weighted by molar-refractivity contribution is 6.32. The van der Waals surface area contributed by atoms with Gasteiger partial charge < -0.3 is 5.11 Å². The molecule has 0 radical (unpaired) electrons. The first kappa shape index (κ1) is 12.8. The molecule has 1 N–H and O–H groups in total. The van der Waals surface area contributed by atoms with Gasteiger partial charge in [0.2, 0.25) is 0 Å². The van der Waals surface area contributed by atoms with Gasteiger partial charge in [0.25, 0.3) is 0 Å². The normalized spacial score (nSPS) is 10.4. The standard InChI is InChI=1S/C12H6Cl2FNO2/c13-9-4-6(1-2-10(9)15)7-3-8(12(17)18)11(14)16-5-7/h1-5H,(H,17,18). The number of hydrogen-bond donors (Lipinski definition) is 1. The molecule has 1 aromatic carbocycles. The number of pyridine rings is 1. The van der Waals surface area contributed by atoms with Gasteiger partial charge in [-0.1, -0.05) is 29.3 Å². The smallest absolute Gasteiger partial charge is 0.338 e. The fraction of sp³-hybridized carbons (Fsp3) is 0. The van der Waals surface area contributed by atoms with Crippen molar-refractivity contribution in [1.82, 2.24) is 4.98 Å². The van der Waals surface area contributed by atoms with Crippen LogP contribution in [0.3, 0.4) is 0 Å². The molecule has 0 aliphatic rings. The number of aromatic nitrogens is 1. The van der Waals surface area contributed by atoms with Crippen LogP contribution in [-0.4, -0.2) is 16.1 Å². The predicted molar refractivity (Wildman–Crippen MR) is 66.6 cm³/mol. The number of rotatable bonds is 2. The highest BCUT2D eigenvalue weighted by Gasteiger charge is 2.12. The van der Waals surface area contributed by atoms with Crippen LogP contribution >= 0.6 is 23.2 Å². The number of carbonyl (C=O) groups is 1. The van der Waals surface area contributed by atoms with E-state index in [9.17, 15) is 9.18 Å². The minimum absolute atomic E-state index is 0.0423.